The van der Waals surface area contributed by atoms with Crippen LogP contribution in [0, 0.1) is 13.8 Å². The second kappa shape index (κ2) is 46.1. The standard InChI is InChI=1S/2C12H25.CH3NS2.Mo.HO3S/c2*1-3-5-7-9-11-12-10-8-6-4-2;2-1(3)4;;1-4(2)3/h2*1,3-12H2,2H3;(H3,2,3,4);;(H,1,2,3)/q2*-1;;+4;-1/p-1. The maximum atomic E-state index is 8.56. The Kier molecular flexibility index (Phi) is 61.1. The average molecular weight is 608 g/mol. The van der Waals surface area contributed by atoms with Crippen molar-refractivity contribution < 1.29 is 34.0 Å². The summed E-state index contributed by atoms with van der Waals surface area (Å²) < 4.78 is 24.2. The van der Waals surface area contributed by atoms with Gasteiger partial charge >= 0.3 is 21.1 Å². The zero-order valence-corrected chi connectivity index (χ0v) is 26.0. The molecule has 0 saturated carbocycles. The molecule has 0 aliphatic rings. The van der Waals surface area contributed by atoms with E-state index >= 15 is 0 Å². The predicted molar refractivity (Wildman–Crippen MR) is 150 cm³/mol. The predicted octanol–water partition coefficient (Wildman–Crippen LogP) is 9.03. The summed E-state index contributed by atoms with van der Waals surface area (Å²) in [5, 5.41) is 0. The van der Waals surface area contributed by atoms with Gasteiger partial charge in [0.1, 0.15) is 0 Å². The summed E-state index contributed by atoms with van der Waals surface area (Å²) in [7, 11) is -2.86. The summed E-state index contributed by atoms with van der Waals surface area (Å²) in [5.74, 6) is 0. The fourth-order valence-electron chi connectivity index (χ4n) is 2.97. The van der Waals surface area contributed by atoms with Gasteiger partial charge in [-0.25, -0.2) is 0 Å². The SMILES string of the molecule is NC(=S)[S-].O=[S-](=O)O.[CH2-]CCCCCCCCCCC.[CH2-]CCCCCCCCCCC.[Mo+4]. The van der Waals surface area contributed by atoms with E-state index < -0.39 is 11.0 Å². The molecule has 0 aromatic heterocycles. The van der Waals surface area contributed by atoms with Crippen molar-refractivity contribution in [2.75, 3.05) is 0 Å². The van der Waals surface area contributed by atoms with Gasteiger partial charge in [-0.2, -0.15) is 12.8 Å². The van der Waals surface area contributed by atoms with Gasteiger partial charge in [-0.1, -0.05) is 134 Å². The van der Waals surface area contributed by atoms with E-state index in [4.69, 9.17) is 13.0 Å². The number of rotatable bonds is 18. The molecule has 0 atom stereocenters. The van der Waals surface area contributed by atoms with Crippen LogP contribution in [-0.2, 0) is 53.1 Å². The molecule has 0 amide bonds. The van der Waals surface area contributed by atoms with Gasteiger partial charge in [-0.05, 0) is 0 Å². The first-order valence-corrected chi connectivity index (χ1v) is 14.5. The van der Waals surface area contributed by atoms with E-state index in [9.17, 15) is 0 Å². The zero-order valence-electron chi connectivity index (χ0n) is 21.5. The van der Waals surface area contributed by atoms with Crippen LogP contribution in [0.4, 0.5) is 0 Å². The summed E-state index contributed by atoms with van der Waals surface area (Å²) in [6.07, 6.45) is 27.8. The van der Waals surface area contributed by atoms with Crippen LogP contribution in [0.2, 0.25) is 0 Å². The molecule has 0 radical (unpaired) electrons. The number of unbranched alkanes of at least 4 members (excludes halogenated alkanes) is 18. The summed E-state index contributed by atoms with van der Waals surface area (Å²) in [6.45, 7) is 12.2. The second-order valence-electron chi connectivity index (χ2n) is 7.90. The van der Waals surface area contributed by atoms with Gasteiger partial charge in [-0.15, -0.1) is 0 Å². The maximum absolute atomic E-state index is 8.56. The molecule has 0 bridgehead atoms. The number of hydrogen-bond donors (Lipinski definition) is 2. The van der Waals surface area contributed by atoms with Gasteiger partial charge in [0.05, 0.1) is 0 Å². The Labute approximate surface area is 234 Å². The quantitative estimate of drug-likeness (QED) is 0.0308. The van der Waals surface area contributed by atoms with Crippen molar-refractivity contribution in [2.24, 2.45) is 5.73 Å². The molecular formula is C25H53MoNO3S3. The van der Waals surface area contributed by atoms with E-state index in [1.54, 1.807) is 0 Å². The molecule has 200 valence electrons. The fourth-order valence-corrected chi connectivity index (χ4v) is 2.97. The zero-order chi connectivity index (χ0) is 25.3. The van der Waals surface area contributed by atoms with E-state index in [2.05, 4.69) is 58.3 Å². The van der Waals surface area contributed by atoms with E-state index in [0.29, 0.717) is 0 Å². The molecule has 3 N–H and O–H groups in total. The first-order valence-electron chi connectivity index (χ1n) is 12.6. The molecule has 0 aromatic carbocycles. The molecule has 0 rings (SSSR count). The van der Waals surface area contributed by atoms with Crippen molar-refractivity contribution in [2.45, 2.75) is 142 Å². The molecule has 0 aliphatic heterocycles. The van der Waals surface area contributed by atoms with Crippen molar-refractivity contribution in [1.82, 2.24) is 0 Å². The van der Waals surface area contributed by atoms with Crippen molar-refractivity contribution in [3.05, 3.63) is 13.8 Å². The van der Waals surface area contributed by atoms with Crippen LogP contribution < -0.4 is 5.73 Å². The van der Waals surface area contributed by atoms with Crippen LogP contribution in [0.15, 0.2) is 0 Å². The Morgan fingerprint density at radius 2 is 0.848 bits per heavy atom. The molecule has 0 heterocycles. The van der Waals surface area contributed by atoms with Crippen LogP contribution in [0.25, 0.3) is 0 Å². The van der Waals surface area contributed by atoms with Gasteiger partial charge < -0.3 is 57.4 Å². The molecule has 0 unspecified atom stereocenters. The molecule has 4 nitrogen and oxygen atoms in total. The van der Waals surface area contributed by atoms with Crippen LogP contribution >= 0.6 is 12.2 Å². The smallest absolute Gasteiger partial charge is 0.439 e. The third kappa shape index (κ3) is 88.1. The molecule has 0 fully saturated rings. The van der Waals surface area contributed by atoms with Crippen molar-refractivity contribution in [3.8, 4) is 0 Å². The number of thiocarbonyl (C=S) groups is 1. The Hall–Kier alpha value is 0.708. The molecule has 8 heteroatoms. The maximum Gasteiger partial charge on any atom is 4.00 e. The van der Waals surface area contributed by atoms with Gasteiger partial charge in [0.25, 0.3) is 0 Å². The third-order valence-corrected chi connectivity index (χ3v) is 4.71. The third-order valence-electron chi connectivity index (χ3n) is 4.71. The minimum Gasteiger partial charge on any atom is -0.439 e. The van der Waals surface area contributed by atoms with E-state index in [-0.39, 0.29) is 25.4 Å². The first kappa shape index (κ1) is 43.8. The summed E-state index contributed by atoms with van der Waals surface area (Å²) in [6, 6.07) is 0. The Morgan fingerprint density at radius 1 is 0.697 bits per heavy atom. The Bertz CT molecular complexity index is 347. The first-order chi connectivity index (χ1) is 15.3. The fraction of sp³-hybridized carbons (Fsp3) is 0.880. The van der Waals surface area contributed by atoms with Crippen molar-refractivity contribution >= 4 is 40.2 Å². The van der Waals surface area contributed by atoms with Crippen LogP contribution in [0.1, 0.15) is 142 Å². The van der Waals surface area contributed by atoms with E-state index in [0.717, 1.165) is 12.8 Å². The minimum absolute atomic E-state index is 0. The van der Waals surface area contributed by atoms with Crippen molar-refractivity contribution in [3.63, 3.8) is 0 Å². The summed E-state index contributed by atoms with van der Waals surface area (Å²) in [5.41, 5.74) is 4.66. The topological polar surface area (TPSA) is 80.4 Å². The van der Waals surface area contributed by atoms with Gasteiger partial charge in [0, 0.05) is 11.0 Å². The largest absolute Gasteiger partial charge is 4.00 e. The molecule has 33 heavy (non-hydrogen) atoms. The summed E-state index contributed by atoms with van der Waals surface area (Å²) in [4.78, 5) is 0. The summed E-state index contributed by atoms with van der Waals surface area (Å²) >= 11 is 8.26. The Morgan fingerprint density at radius 3 is 1.00 bits per heavy atom. The monoisotopic (exact) mass is 609 g/mol. The molecule has 0 spiro atoms. The normalized spacial score (nSPS) is 9.39. The van der Waals surface area contributed by atoms with Crippen molar-refractivity contribution in [1.29, 1.82) is 0 Å². The molecule has 0 aliphatic carbocycles. The second-order valence-corrected chi connectivity index (χ2v) is 9.47. The Balaban J connectivity index is -0.000000117. The van der Waals surface area contributed by atoms with E-state index in [1.807, 2.05) is 0 Å². The number of hydrogen-bond acceptors (Lipinski definition) is 5. The molecular weight excluding hydrogens is 554 g/mol. The minimum atomic E-state index is -2.86. The average Bonchev–Trinajstić information content (AvgIpc) is 2.72. The van der Waals surface area contributed by atoms with Crippen LogP contribution in [0.5, 0.6) is 0 Å². The van der Waals surface area contributed by atoms with Gasteiger partial charge in [0.2, 0.25) is 0 Å². The molecule has 0 aromatic rings. The van der Waals surface area contributed by atoms with Gasteiger partial charge in [-0.3, -0.25) is 0 Å². The number of nitrogens with two attached hydrogens (primary N) is 1. The van der Waals surface area contributed by atoms with E-state index in [1.165, 1.54) is 116 Å². The van der Waals surface area contributed by atoms with Crippen LogP contribution in [0.3, 0.4) is 0 Å². The molecule has 0 saturated heterocycles. The van der Waals surface area contributed by atoms with Gasteiger partial charge in [0.15, 0.2) is 0 Å². The van der Waals surface area contributed by atoms with Crippen LogP contribution in [-0.4, -0.2) is 8.87 Å².